The van der Waals surface area contributed by atoms with Crippen LogP contribution in [-0.2, 0) is 16.7 Å². The lowest BCUT2D eigenvalue weighted by Crippen LogP contribution is -3.14. The van der Waals surface area contributed by atoms with E-state index in [2.05, 4.69) is 21.0 Å². The van der Waals surface area contributed by atoms with Crippen molar-refractivity contribution >= 4 is 15.8 Å². The lowest BCUT2D eigenvalue weighted by molar-refractivity contribution is -0.924. The van der Waals surface area contributed by atoms with Crippen molar-refractivity contribution in [3.63, 3.8) is 0 Å². The molecule has 26 heavy (non-hydrogen) atoms. The average molecular weight is 381 g/mol. The van der Waals surface area contributed by atoms with Crippen LogP contribution in [0.25, 0.3) is 0 Å². The molecule has 0 atom stereocenters. The van der Waals surface area contributed by atoms with E-state index in [1.807, 2.05) is 29.9 Å². The summed E-state index contributed by atoms with van der Waals surface area (Å²) in [4.78, 5) is 7.35. The van der Waals surface area contributed by atoms with Gasteiger partial charge >= 0.3 is 0 Å². The molecule has 9 heteroatoms. The first-order chi connectivity index (χ1) is 12.3. The van der Waals surface area contributed by atoms with Gasteiger partial charge in [-0.2, -0.15) is 5.10 Å². The van der Waals surface area contributed by atoms with Crippen LogP contribution in [-0.4, -0.2) is 62.8 Å². The Labute approximate surface area is 155 Å². The predicted molar refractivity (Wildman–Crippen MR) is 98.5 cm³/mol. The van der Waals surface area contributed by atoms with Gasteiger partial charge in [-0.05, 0) is 19.9 Å². The molecule has 8 nitrogen and oxygen atoms in total. The lowest BCUT2D eigenvalue weighted by Gasteiger charge is -2.28. The van der Waals surface area contributed by atoms with Gasteiger partial charge in [-0.15, -0.1) is 0 Å². The summed E-state index contributed by atoms with van der Waals surface area (Å²) in [5.41, 5.74) is 1.27. The highest BCUT2D eigenvalue weighted by Gasteiger charge is 2.30. The van der Waals surface area contributed by atoms with E-state index in [-0.39, 0.29) is 0 Å². The maximum Gasteiger partial charge on any atom is 0.274 e. The third-order valence-electron chi connectivity index (χ3n) is 4.93. The molecule has 0 spiro atoms. The van der Waals surface area contributed by atoms with E-state index in [0.717, 1.165) is 32.0 Å². The minimum Gasteiger partial charge on any atom is -0.310 e. The minimum absolute atomic E-state index is 0.333. The number of nitrogens with one attached hydrogen (secondary N) is 2. The molecule has 0 aromatic carbocycles. The van der Waals surface area contributed by atoms with Crippen LogP contribution in [0.1, 0.15) is 11.4 Å². The summed E-state index contributed by atoms with van der Waals surface area (Å²) in [6.07, 6.45) is 1.94. The molecule has 3 rings (SSSR count). The summed E-state index contributed by atoms with van der Waals surface area (Å²) in [6, 6.07) is 6.10. The van der Waals surface area contributed by atoms with Crippen molar-refractivity contribution in [2.75, 3.05) is 45.2 Å². The quantitative estimate of drug-likeness (QED) is 0.716. The highest BCUT2D eigenvalue weighted by atomic mass is 32.2. The normalized spacial score (nSPS) is 16.4. The molecule has 0 bridgehead atoms. The number of rotatable bonds is 5. The Kier molecular flexibility index (Phi) is 5.31. The first kappa shape index (κ1) is 18.8. The molecule has 1 aliphatic heterocycles. The SMILES string of the molecule is Cc1nn(C[NH+]2CCN(c3cccc[nH+]3)CC2)c(C)c1S(=O)(=O)N(C)C. The number of hydrogen-bond donors (Lipinski definition) is 1. The lowest BCUT2D eigenvalue weighted by atomic mass is 10.3. The van der Waals surface area contributed by atoms with E-state index in [0.29, 0.717) is 23.0 Å². The molecule has 2 aromatic rings. The third kappa shape index (κ3) is 3.60. The van der Waals surface area contributed by atoms with Crippen molar-refractivity contribution in [1.82, 2.24) is 14.1 Å². The number of aryl methyl sites for hydroxylation is 1. The first-order valence-electron chi connectivity index (χ1n) is 8.82. The molecule has 142 valence electrons. The molecular formula is C17H28N6O2S+2. The van der Waals surface area contributed by atoms with Gasteiger partial charge in [-0.1, -0.05) is 6.07 Å². The smallest absolute Gasteiger partial charge is 0.274 e. The molecule has 1 saturated heterocycles. The van der Waals surface area contributed by atoms with Crippen LogP contribution in [0.4, 0.5) is 5.82 Å². The molecule has 2 N–H and O–H groups in total. The van der Waals surface area contributed by atoms with Crippen molar-refractivity contribution in [3.05, 3.63) is 35.8 Å². The predicted octanol–water partition coefficient (Wildman–Crippen LogP) is -1.07. The number of piperazine rings is 1. The Balaban J connectivity index is 1.70. The van der Waals surface area contributed by atoms with E-state index in [4.69, 9.17) is 0 Å². The van der Waals surface area contributed by atoms with Crippen molar-refractivity contribution in [3.8, 4) is 0 Å². The molecule has 0 aliphatic carbocycles. The van der Waals surface area contributed by atoms with Gasteiger partial charge in [0.1, 0.15) is 31.1 Å². The fraction of sp³-hybridized carbons (Fsp3) is 0.529. The monoisotopic (exact) mass is 380 g/mol. The Morgan fingerprint density at radius 1 is 1.23 bits per heavy atom. The van der Waals surface area contributed by atoms with Crippen LogP contribution < -0.4 is 14.8 Å². The van der Waals surface area contributed by atoms with Gasteiger partial charge in [0.15, 0.2) is 6.67 Å². The number of sulfonamides is 1. The fourth-order valence-electron chi connectivity index (χ4n) is 3.40. The van der Waals surface area contributed by atoms with Crippen molar-refractivity contribution < 1.29 is 18.3 Å². The van der Waals surface area contributed by atoms with E-state index >= 15 is 0 Å². The molecule has 1 fully saturated rings. The van der Waals surface area contributed by atoms with Gasteiger partial charge in [-0.3, -0.25) is 4.90 Å². The molecule has 0 saturated carbocycles. The first-order valence-corrected chi connectivity index (χ1v) is 10.3. The molecule has 0 amide bonds. The molecule has 0 unspecified atom stereocenters. The van der Waals surface area contributed by atoms with E-state index in [1.54, 1.807) is 21.0 Å². The van der Waals surface area contributed by atoms with Crippen LogP contribution >= 0.6 is 0 Å². The van der Waals surface area contributed by atoms with Crippen LogP contribution in [0.5, 0.6) is 0 Å². The zero-order chi connectivity index (χ0) is 18.9. The summed E-state index contributed by atoms with van der Waals surface area (Å²) < 4.78 is 28.2. The molecule has 1 aliphatic rings. The second-order valence-corrected chi connectivity index (χ2v) is 9.02. The van der Waals surface area contributed by atoms with Crippen LogP contribution in [0.2, 0.25) is 0 Å². The second-order valence-electron chi connectivity index (χ2n) is 6.93. The van der Waals surface area contributed by atoms with E-state index < -0.39 is 10.0 Å². The van der Waals surface area contributed by atoms with Gasteiger partial charge in [0.25, 0.3) is 5.82 Å². The number of pyridine rings is 1. The number of aromatic nitrogens is 3. The Morgan fingerprint density at radius 3 is 2.50 bits per heavy atom. The Morgan fingerprint density at radius 2 is 1.92 bits per heavy atom. The summed E-state index contributed by atoms with van der Waals surface area (Å²) in [5, 5.41) is 4.50. The van der Waals surface area contributed by atoms with Crippen molar-refractivity contribution in [2.45, 2.75) is 25.4 Å². The second kappa shape index (κ2) is 7.34. The van der Waals surface area contributed by atoms with E-state index in [9.17, 15) is 8.42 Å². The maximum atomic E-state index is 12.5. The highest BCUT2D eigenvalue weighted by Crippen LogP contribution is 2.21. The Bertz CT molecular complexity index is 855. The molecule has 0 radical (unpaired) electrons. The standard InChI is InChI=1S/C17H26N6O2S/c1-14-17(26(24,25)20(3)4)15(2)23(19-14)13-21-9-11-22(12-10-21)16-7-5-6-8-18-16/h5-8H,9-13H2,1-4H3/p+2. The minimum atomic E-state index is -3.47. The third-order valence-corrected chi connectivity index (χ3v) is 7.00. The highest BCUT2D eigenvalue weighted by molar-refractivity contribution is 7.89. The van der Waals surface area contributed by atoms with Gasteiger partial charge < -0.3 is 4.90 Å². The summed E-state index contributed by atoms with van der Waals surface area (Å²) in [5.74, 6) is 1.14. The van der Waals surface area contributed by atoms with Gasteiger partial charge in [-0.25, -0.2) is 22.4 Å². The number of quaternary nitrogens is 1. The van der Waals surface area contributed by atoms with Gasteiger partial charge in [0, 0.05) is 20.2 Å². The average Bonchev–Trinajstić information content (AvgIpc) is 2.90. The summed E-state index contributed by atoms with van der Waals surface area (Å²) in [6.45, 7) is 8.16. The zero-order valence-electron chi connectivity index (χ0n) is 15.9. The van der Waals surface area contributed by atoms with Crippen LogP contribution in [0.15, 0.2) is 29.3 Å². The number of anilines is 1. The number of nitrogens with zero attached hydrogens (tertiary/aromatic N) is 4. The van der Waals surface area contributed by atoms with Crippen LogP contribution in [0, 0.1) is 13.8 Å². The number of hydrogen-bond acceptors (Lipinski definition) is 4. The summed E-state index contributed by atoms with van der Waals surface area (Å²) in [7, 11) is -0.370. The zero-order valence-corrected chi connectivity index (χ0v) is 16.7. The van der Waals surface area contributed by atoms with Crippen LogP contribution in [0.3, 0.4) is 0 Å². The van der Waals surface area contributed by atoms with Gasteiger partial charge in [0.05, 0.1) is 17.6 Å². The largest absolute Gasteiger partial charge is 0.310 e. The van der Waals surface area contributed by atoms with Crippen molar-refractivity contribution in [1.29, 1.82) is 0 Å². The fourth-order valence-corrected chi connectivity index (χ4v) is 4.66. The molecule has 2 aromatic heterocycles. The number of aromatic amines is 1. The van der Waals surface area contributed by atoms with E-state index in [1.165, 1.54) is 9.21 Å². The van der Waals surface area contributed by atoms with Gasteiger partial charge in [0.2, 0.25) is 10.0 Å². The van der Waals surface area contributed by atoms with Crippen molar-refractivity contribution in [2.24, 2.45) is 0 Å². The summed E-state index contributed by atoms with van der Waals surface area (Å²) >= 11 is 0. The number of H-pyrrole nitrogens is 1. The Hall–Kier alpha value is -1.97. The molecular weight excluding hydrogens is 352 g/mol. The maximum absolute atomic E-state index is 12.5. The topological polar surface area (TPSA) is 77.0 Å². The molecule has 3 heterocycles.